The molecule has 16 heavy (non-hydrogen) atoms. The Morgan fingerprint density at radius 3 is 2.38 bits per heavy atom. The van der Waals surface area contributed by atoms with Crippen LogP contribution in [-0.2, 0) is 0 Å². The summed E-state index contributed by atoms with van der Waals surface area (Å²) < 4.78 is 0. The van der Waals surface area contributed by atoms with E-state index in [4.69, 9.17) is 11.6 Å². The molecular weight excluding hydrogens is 226 g/mol. The minimum atomic E-state index is -0.568. The minimum absolute atomic E-state index is 0.350. The minimum Gasteiger partial charge on any atom is -0.392 e. The van der Waals surface area contributed by atoms with E-state index >= 15 is 0 Å². The number of rotatable bonds is 6. The second-order valence-corrected chi connectivity index (χ2v) is 4.22. The van der Waals surface area contributed by atoms with Gasteiger partial charge in [0.25, 0.3) is 0 Å². The highest BCUT2D eigenvalue weighted by Crippen LogP contribution is 2.15. The van der Waals surface area contributed by atoms with Crippen molar-refractivity contribution in [3.8, 4) is 0 Å². The molecule has 0 aliphatic carbocycles. The first kappa shape index (κ1) is 13.5. The molecule has 0 spiro atoms. The van der Waals surface area contributed by atoms with Gasteiger partial charge in [-0.05, 0) is 24.1 Å². The van der Waals surface area contributed by atoms with Gasteiger partial charge in [0.2, 0.25) is 0 Å². The molecule has 1 aromatic rings. The molecule has 0 heterocycles. The Labute approximate surface area is 101 Å². The largest absolute Gasteiger partial charge is 0.392 e. The van der Waals surface area contributed by atoms with E-state index in [0.717, 1.165) is 5.56 Å². The molecule has 0 aliphatic heterocycles. The predicted molar refractivity (Wildman–Crippen MR) is 65.6 cm³/mol. The van der Waals surface area contributed by atoms with E-state index in [9.17, 15) is 10.2 Å². The zero-order valence-electron chi connectivity index (χ0n) is 9.36. The van der Waals surface area contributed by atoms with Crippen LogP contribution in [0.2, 0.25) is 5.02 Å². The lowest BCUT2D eigenvalue weighted by Crippen LogP contribution is -2.29. The predicted octanol–water partition coefficient (Wildman–Crippen LogP) is 1.73. The Hall–Kier alpha value is -0.610. The van der Waals surface area contributed by atoms with Crippen molar-refractivity contribution in [3.63, 3.8) is 0 Å². The van der Waals surface area contributed by atoms with Crippen molar-refractivity contribution in [1.29, 1.82) is 0 Å². The number of nitrogens with one attached hydrogen (secondary N) is 1. The van der Waals surface area contributed by atoms with E-state index < -0.39 is 6.10 Å². The summed E-state index contributed by atoms with van der Waals surface area (Å²) in [4.78, 5) is 0. The van der Waals surface area contributed by atoms with E-state index in [1.54, 1.807) is 24.3 Å². The first-order valence-electron chi connectivity index (χ1n) is 5.45. The van der Waals surface area contributed by atoms with E-state index in [1.165, 1.54) is 0 Å². The lowest BCUT2D eigenvalue weighted by Gasteiger charge is -2.14. The first-order chi connectivity index (χ1) is 7.63. The van der Waals surface area contributed by atoms with Gasteiger partial charge < -0.3 is 15.5 Å². The van der Waals surface area contributed by atoms with E-state index in [0.29, 0.717) is 24.5 Å². The fraction of sp³-hybridized carbons (Fsp3) is 0.500. The molecule has 0 saturated carbocycles. The zero-order valence-corrected chi connectivity index (χ0v) is 10.1. The number of halogens is 1. The average Bonchev–Trinajstić information content (AvgIpc) is 2.29. The highest BCUT2D eigenvalue weighted by molar-refractivity contribution is 6.30. The molecule has 0 amide bonds. The third-order valence-corrected chi connectivity index (χ3v) is 2.70. The number of hydrogen-bond donors (Lipinski definition) is 3. The molecule has 3 N–H and O–H groups in total. The lowest BCUT2D eigenvalue weighted by molar-refractivity contribution is 0.144. The van der Waals surface area contributed by atoms with Gasteiger partial charge >= 0.3 is 0 Å². The standard InChI is InChI=1S/C12H18ClNO2/c1-2-11(15)7-14-8-12(16)9-3-5-10(13)6-4-9/h3-6,11-12,14-16H,2,7-8H2,1H3. The highest BCUT2D eigenvalue weighted by Gasteiger charge is 2.07. The smallest absolute Gasteiger partial charge is 0.0914 e. The summed E-state index contributed by atoms with van der Waals surface area (Å²) in [5.41, 5.74) is 0.822. The Bertz CT molecular complexity index is 302. The molecule has 0 fully saturated rings. The van der Waals surface area contributed by atoms with Crippen LogP contribution < -0.4 is 5.32 Å². The van der Waals surface area contributed by atoms with Gasteiger partial charge in [0.05, 0.1) is 12.2 Å². The van der Waals surface area contributed by atoms with Crippen LogP contribution in [0.5, 0.6) is 0 Å². The SMILES string of the molecule is CCC(O)CNCC(O)c1ccc(Cl)cc1. The first-order valence-corrected chi connectivity index (χ1v) is 5.83. The maximum Gasteiger partial charge on any atom is 0.0914 e. The summed E-state index contributed by atoms with van der Waals surface area (Å²) in [5.74, 6) is 0. The van der Waals surface area contributed by atoms with Crippen molar-refractivity contribution in [2.45, 2.75) is 25.6 Å². The molecule has 2 unspecified atom stereocenters. The topological polar surface area (TPSA) is 52.5 Å². The van der Waals surface area contributed by atoms with Gasteiger partial charge in [-0.15, -0.1) is 0 Å². The van der Waals surface area contributed by atoms with Crippen LogP contribution in [0.1, 0.15) is 25.0 Å². The molecule has 1 rings (SSSR count). The molecule has 0 aliphatic rings. The maximum atomic E-state index is 9.81. The van der Waals surface area contributed by atoms with Crippen molar-refractivity contribution in [3.05, 3.63) is 34.9 Å². The molecule has 0 saturated heterocycles. The van der Waals surface area contributed by atoms with Crippen molar-refractivity contribution in [1.82, 2.24) is 5.32 Å². The Morgan fingerprint density at radius 2 is 1.81 bits per heavy atom. The normalized spacial score (nSPS) is 14.8. The summed E-state index contributed by atoms with van der Waals surface area (Å²) in [6.07, 6.45) is -0.205. The summed E-state index contributed by atoms with van der Waals surface area (Å²) in [6, 6.07) is 7.10. The average molecular weight is 244 g/mol. The number of hydrogen-bond acceptors (Lipinski definition) is 3. The lowest BCUT2D eigenvalue weighted by atomic mass is 10.1. The van der Waals surface area contributed by atoms with E-state index in [-0.39, 0.29) is 6.10 Å². The molecule has 90 valence electrons. The quantitative estimate of drug-likeness (QED) is 0.713. The van der Waals surface area contributed by atoms with E-state index in [1.807, 2.05) is 6.92 Å². The molecule has 0 radical (unpaired) electrons. The fourth-order valence-electron chi connectivity index (χ4n) is 1.33. The van der Waals surface area contributed by atoms with Crippen molar-refractivity contribution in [2.75, 3.05) is 13.1 Å². The van der Waals surface area contributed by atoms with Crippen molar-refractivity contribution in [2.24, 2.45) is 0 Å². The molecule has 0 aromatic heterocycles. The summed E-state index contributed by atoms with van der Waals surface area (Å²) in [7, 11) is 0. The Morgan fingerprint density at radius 1 is 1.19 bits per heavy atom. The number of benzene rings is 1. The number of aliphatic hydroxyl groups is 2. The van der Waals surface area contributed by atoms with Crippen LogP contribution in [0.15, 0.2) is 24.3 Å². The second kappa shape index (κ2) is 6.86. The molecule has 2 atom stereocenters. The number of aliphatic hydroxyl groups excluding tert-OH is 2. The van der Waals surface area contributed by atoms with Crippen molar-refractivity contribution >= 4 is 11.6 Å². The van der Waals surface area contributed by atoms with Gasteiger partial charge in [0, 0.05) is 18.1 Å². The van der Waals surface area contributed by atoms with Crippen LogP contribution in [0, 0.1) is 0 Å². The highest BCUT2D eigenvalue weighted by atomic mass is 35.5. The molecular formula is C12H18ClNO2. The summed E-state index contributed by atoms with van der Waals surface area (Å²) >= 11 is 5.75. The summed E-state index contributed by atoms with van der Waals surface area (Å²) in [5, 5.41) is 22.8. The van der Waals surface area contributed by atoms with Crippen LogP contribution in [0.25, 0.3) is 0 Å². The maximum absolute atomic E-state index is 9.81. The van der Waals surface area contributed by atoms with Gasteiger partial charge in [0.1, 0.15) is 0 Å². The van der Waals surface area contributed by atoms with Crippen LogP contribution >= 0.6 is 11.6 Å². The third kappa shape index (κ3) is 4.49. The molecule has 3 nitrogen and oxygen atoms in total. The zero-order chi connectivity index (χ0) is 12.0. The van der Waals surface area contributed by atoms with Gasteiger partial charge in [-0.25, -0.2) is 0 Å². The van der Waals surface area contributed by atoms with Gasteiger partial charge in [-0.1, -0.05) is 30.7 Å². The van der Waals surface area contributed by atoms with Gasteiger partial charge in [-0.2, -0.15) is 0 Å². The van der Waals surface area contributed by atoms with E-state index in [2.05, 4.69) is 5.32 Å². The summed E-state index contributed by atoms with van der Waals surface area (Å²) in [6.45, 7) is 2.85. The second-order valence-electron chi connectivity index (χ2n) is 3.79. The van der Waals surface area contributed by atoms with Crippen molar-refractivity contribution < 1.29 is 10.2 Å². The van der Waals surface area contributed by atoms with Crippen LogP contribution in [-0.4, -0.2) is 29.4 Å². The molecule has 1 aromatic carbocycles. The Kier molecular flexibility index (Phi) is 5.77. The molecule has 4 heteroatoms. The van der Waals surface area contributed by atoms with Gasteiger partial charge in [0.15, 0.2) is 0 Å². The third-order valence-electron chi connectivity index (χ3n) is 2.44. The molecule has 0 bridgehead atoms. The van der Waals surface area contributed by atoms with Gasteiger partial charge in [-0.3, -0.25) is 0 Å². The Balaban J connectivity index is 2.35. The monoisotopic (exact) mass is 243 g/mol. The fourth-order valence-corrected chi connectivity index (χ4v) is 1.46. The van der Waals surface area contributed by atoms with Crippen LogP contribution in [0.3, 0.4) is 0 Å². The van der Waals surface area contributed by atoms with Crippen LogP contribution in [0.4, 0.5) is 0 Å².